The number of aryl methyl sites for hydroxylation is 1. The molecule has 1 amide bonds. The maximum absolute atomic E-state index is 12.0. The number of hydrogen-bond donors (Lipinski definition) is 0. The second-order valence-electron chi connectivity index (χ2n) is 4.62. The molecular formula is C13H15ClN2O2S. The van der Waals surface area contributed by atoms with Gasteiger partial charge in [-0.05, 0) is 25.0 Å². The zero-order valence-electron chi connectivity index (χ0n) is 10.9. The number of thioether (sulfide) groups is 1. The van der Waals surface area contributed by atoms with Crippen LogP contribution in [0.3, 0.4) is 0 Å². The van der Waals surface area contributed by atoms with Crippen molar-refractivity contribution in [1.29, 1.82) is 0 Å². The number of halogens is 1. The molecule has 1 atom stereocenters. The van der Waals surface area contributed by atoms with Crippen LogP contribution in [0, 0.1) is 12.8 Å². The minimum absolute atomic E-state index is 0.0846. The fourth-order valence-corrected chi connectivity index (χ4v) is 3.05. The maximum atomic E-state index is 12.0. The molecule has 102 valence electrons. The molecule has 2 rings (SSSR count). The van der Waals surface area contributed by atoms with E-state index >= 15 is 0 Å². The van der Waals surface area contributed by atoms with Gasteiger partial charge in [0.05, 0.1) is 11.4 Å². The SMILES string of the molecule is CC(=O)SCC1CC(=O)N(c2ccc(Cl)nc2C)C1. The second kappa shape index (κ2) is 5.92. The van der Waals surface area contributed by atoms with Crippen molar-refractivity contribution in [2.24, 2.45) is 5.92 Å². The Labute approximate surface area is 121 Å². The van der Waals surface area contributed by atoms with Gasteiger partial charge in [0, 0.05) is 25.6 Å². The Balaban J connectivity index is 2.09. The summed E-state index contributed by atoms with van der Waals surface area (Å²) in [5.41, 5.74) is 1.56. The second-order valence-corrected chi connectivity index (χ2v) is 6.20. The van der Waals surface area contributed by atoms with Gasteiger partial charge in [0.2, 0.25) is 5.91 Å². The average molecular weight is 299 g/mol. The molecule has 0 spiro atoms. The van der Waals surface area contributed by atoms with Crippen molar-refractivity contribution in [3.05, 3.63) is 23.0 Å². The molecule has 0 saturated carbocycles. The van der Waals surface area contributed by atoms with Crippen LogP contribution in [0.1, 0.15) is 19.0 Å². The number of amides is 1. The summed E-state index contributed by atoms with van der Waals surface area (Å²) in [6.07, 6.45) is 0.488. The van der Waals surface area contributed by atoms with Gasteiger partial charge in [0.15, 0.2) is 5.12 Å². The van der Waals surface area contributed by atoms with Crippen LogP contribution in [0.15, 0.2) is 12.1 Å². The molecule has 1 aliphatic heterocycles. The van der Waals surface area contributed by atoms with Crippen molar-refractivity contribution in [1.82, 2.24) is 4.98 Å². The summed E-state index contributed by atoms with van der Waals surface area (Å²) in [4.78, 5) is 28.9. The van der Waals surface area contributed by atoms with Gasteiger partial charge in [0.25, 0.3) is 0 Å². The first-order chi connectivity index (χ1) is 8.97. The first kappa shape index (κ1) is 14.3. The van der Waals surface area contributed by atoms with Crippen LogP contribution in [0.4, 0.5) is 5.69 Å². The van der Waals surface area contributed by atoms with Gasteiger partial charge < -0.3 is 4.90 Å². The molecule has 1 aliphatic rings. The monoisotopic (exact) mass is 298 g/mol. The number of pyridine rings is 1. The summed E-state index contributed by atoms with van der Waals surface area (Å²) in [6.45, 7) is 4.03. The Morgan fingerprint density at radius 1 is 1.58 bits per heavy atom. The summed E-state index contributed by atoms with van der Waals surface area (Å²) < 4.78 is 0. The minimum atomic E-state index is 0.0846. The van der Waals surface area contributed by atoms with Gasteiger partial charge in [-0.2, -0.15) is 0 Å². The minimum Gasteiger partial charge on any atom is -0.310 e. The third kappa shape index (κ3) is 3.48. The van der Waals surface area contributed by atoms with Gasteiger partial charge in [-0.1, -0.05) is 23.4 Å². The van der Waals surface area contributed by atoms with Gasteiger partial charge in [-0.3, -0.25) is 9.59 Å². The van der Waals surface area contributed by atoms with E-state index in [1.165, 1.54) is 11.8 Å². The summed E-state index contributed by atoms with van der Waals surface area (Å²) >= 11 is 7.10. The first-order valence-corrected chi connectivity index (χ1v) is 7.40. The average Bonchev–Trinajstić information content (AvgIpc) is 2.68. The Bertz CT molecular complexity index is 521. The van der Waals surface area contributed by atoms with Crippen LogP contribution < -0.4 is 4.90 Å². The lowest BCUT2D eigenvalue weighted by atomic mass is 10.1. The Morgan fingerprint density at radius 3 is 2.95 bits per heavy atom. The molecule has 1 aromatic rings. The number of carbonyl (C=O) groups excluding carboxylic acids is 2. The number of aromatic nitrogens is 1. The molecule has 0 bridgehead atoms. The van der Waals surface area contributed by atoms with Gasteiger partial charge >= 0.3 is 0 Å². The van der Waals surface area contributed by atoms with Crippen LogP contribution in [0.5, 0.6) is 0 Å². The van der Waals surface area contributed by atoms with Crippen molar-refractivity contribution < 1.29 is 9.59 Å². The zero-order valence-corrected chi connectivity index (χ0v) is 12.4. The highest BCUT2D eigenvalue weighted by molar-refractivity contribution is 8.13. The van der Waals surface area contributed by atoms with Crippen molar-refractivity contribution in [2.45, 2.75) is 20.3 Å². The van der Waals surface area contributed by atoms with E-state index in [2.05, 4.69) is 4.98 Å². The third-order valence-corrected chi connectivity index (χ3v) is 4.30. The number of hydrogen-bond acceptors (Lipinski definition) is 4. The van der Waals surface area contributed by atoms with E-state index < -0.39 is 0 Å². The predicted octanol–water partition coefficient (Wildman–Crippen LogP) is 2.68. The van der Waals surface area contributed by atoms with Crippen molar-refractivity contribution in [2.75, 3.05) is 17.2 Å². The highest BCUT2D eigenvalue weighted by Gasteiger charge is 2.31. The van der Waals surface area contributed by atoms with E-state index in [4.69, 9.17) is 11.6 Å². The van der Waals surface area contributed by atoms with E-state index in [-0.39, 0.29) is 16.9 Å². The molecule has 19 heavy (non-hydrogen) atoms. The lowest BCUT2D eigenvalue weighted by molar-refractivity contribution is -0.117. The van der Waals surface area contributed by atoms with Crippen LogP contribution in [0.25, 0.3) is 0 Å². The lowest BCUT2D eigenvalue weighted by Crippen LogP contribution is -2.25. The van der Waals surface area contributed by atoms with Crippen LogP contribution >= 0.6 is 23.4 Å². The Hall–Kier alpha value is -1.07. The molecule has 1 unspecified atom stereocenters. The number of carbonyl (C=O) groups is 2. The van der Waals surface area contributed by atoms with Gasteiger partial charge in [0.1, 0.15) is 5.15 Å². The van der Waals surface area contributed by atoms with E-state index in [0.29, 0.717) is 23.9 Å². The van der Waals surface area contributed by atoms with E-state index in [0.717, 1.165) is 11.4 Å². The molecule has 4 nitrogen and oxygen atoms in total. The zero-order chi connectivity index (χ0) is 14.0. The van der Waals surface area contributed by atoms with E-state index in [1.807, 2.05) is 13.0 Å². The molecular weight excluding hydrogens is 284 g/mol. The standard InChI is InChI=1S/C13H15ClN2O2S/c1-8-11(3-4-12(14)15-8)16-6-10(5-13(16)18)7-19-9(2)17/h3-4,10H,5-7H2,1-2H3. The molecule has 1 fully saturated rings. The van der Waals surface area contributed by atoms with Gasteiger partial charge in [-0.25, -0.2) is 4.98 Å². The summed E-state index contributed by atoms with van der Waals surface area (Å²) in [5, 5.41) is 0.520. The largest absolute Gasteiger partial charge is 0.310 e. The van der Waals surface area contributed by atoms with Crippen LogP contribution in [0.2, 0.25) is 5.15 Å². The molecule has 1 aromatic heterocycles. The topological polar surface area (TPSA) is 50.3 Å². The third-order valence-electron chi connectivity index (χ3n) is 3.04. The predicted molar refractivity (Wildman–Crippen MR) is 77.6 cm³/mol. The number of anilines is 1. The van der Waals surface area contributed by atoms with Crippen molar-refractivity contribution in [3.63, 3.8) is 0 Å². The molecule has 2 heterocycles. The molecule has 1 saturated heterocycles. The summed E-state index contributed by atoms with van der Waals surface area (Å²) in [6, 6.07) is 3.51. The fraction of sp³-hybridized carbons (Fsp3) is 0.462. The van der Waals surface area contributed by atoms with Crippen molar-refractivity contribution in [3.8, 4) is 0 Å². The van der Waals surface area contributed by atoms with Crippen LogP contribution in [-0.2, 0) is 9.59 Å². The lowest BCUT2D eigenvalue weighted by Gasteiger charge is -2.18. The normalized spacial score (nSPS) is 19.0. The molecule has 0 aromatic carbocycles. The smallest absolute Gasteiger partial charge is 0.227 e. The molecule has 6 heteroatoms. The van der Waals surface area contributed by atoms with Crippen LogP contribution in [-0.4, -0.2) is 28.3 Å². The maximum Gasteiger partial charge on any atom is 0.227 e. The molecule has 0 aliphatic carbocycles. The Morgan fingerprint density at radius 2 is 2.32 bits per heavy atom. The Kier molecular flexibility index (Phi) is 4.47. The van der Waals surface area contributed by atoms with Crippen molar-refractivity contribution >= 4 is 40.1 Å². The van der Waals surface area contributed by atoms with Gasteiger partial charge in [-0.15, -0.1) is 0 Å². The highest BCUT2D eigenvalue weighted by Crippen LogP contribution is 2.29. The summed E-state index contributed by atoms with van der Waals surface area (Å²) in [5.74, 6) is 0.996. The quantitative estimate of drug-likeness (QED) is 0.805. The number of nitrogens with zero attached hydrogens (tertiary/aromatic N) is 2. The first-order valence-electron chi connectivity index (χ1n) is 6.04. The number of rotatable bonds is 3. The van der Waals surface area contributed by atoms with E-state index in [9.17, 15) is 9.59 Å². The molecule has 0 radical (unpaired) electrons. The highest BCUT2D eigenvalue weighted by atomic mass is 35.5. The summed E-state index contributed by atoms with van der Waals surface area (Å²) in [7, 11) is 0. The van der Waals surface area contributed by atoms with E-state index in [1.54, 1.807) is 17.9 Å². The molecule has 0 N–H and O–H groups in total. The fourth-order valence-electron chi connectivity index (χ4n) is 2.17.